The number of anilines is 1. The molecule has 1 aliphatic carbocycles. The standard InChI is InChI=1S/C30H33N5/c1-22-25(20-23-10-4-2-5-11-23)30(34-18-16-33(17-19-34)24-12-6-3-7-13-24)35-28-15-9-8-14-27(28)32-29(35)26(22)21-31/h2,4-5,8-11,14-15,24H,3,6-7,12-13,16-20H2,1H3. The highest BCUT2D eigenvalue weighted by molar-refractivity contribution is 5.86. The summed E-state index contributed by atoms with van der Waals surface area (Å²) in [6, 6.07) is 22.2. The molecule has 1 saturated heterocycles. The zero-order chi connectivity index (χ0) is 23.8. The first-order valence-electron chi connectivity index (χ1n) is 13.1. The monoisotopic (exact) mass is 463 g/mol. The average Bonchev–Trinajstić information content (AvgIpc) is 3.29. The molecule has 35 heavy (non-hydrogen) atoms. The maximum absolute atomic E-state index is 10.2. The van der Waals surface area contributed by atoms with Gasteiger partial charge in [0.2, 0.25) is 0 Å². The third-order valence-corrected chi connectivity index (χ3v) is 8.13. The van der Waals surface area contributed by atoms with Crippen molar-refractivity contribution in [2.75, 3.05) is 31.1 Å². The van der Waals surface area contributed by atoms with Gasteiger partial charge in [0, 0.05) is 44.2 Å². The first-order chi connectivity index (χ1) is 17.2. The van der Waals surface area contributed by atoms with Crippen LogP contribution in [0.25, 0.3) is 16.7 Å². The number of aromatic nitrogens is 2. The first kappa shape index (κ1) is 22.1. The van der Waals surface area contributed by atoms with Crippen molar-refractivity contribution in [3.8, 4) is 6.07 Å². The van der Waals surface area contributed by atoms with Crippen LogP contribution in [0, 0.1) is 18.3 Å². The van der Waals surface area contributed by atoms with Crippen molar-refractivity contribution in [3.05, 3.63) is 76.9 Å². The zero-order valence-corrected chi connectivity index (χ0v) is 20.6. The number of nitrogens with zero attached hydrogens (tertiary/aromatic N) is 5. The molecule has 0 spiro atoms. The zero-order valence-electron chi connectivity index (χ0n) is 20.6. The summed E-state index contributed by atoms with van der Waals surface area (Å²) in [5.74, 6) is 1.22. The van der Waals surface area contributed by atoms with Crippen LogP contribution in [0.4, 0.5) is 5.82 Å². The molecule has 2 aliphatic rings. The second kappa shape index (κ2) is 9.36. The van der Waals surface area contributed by atoms with E-state index in [1.54, 1.807) is 0 Å². The molecule has 5 heteroatoms. The van der Waals surface area contributed by atoms with Gasteiger partial charge in [-0.25, -0.2) is 4.98 Å². The van der Waals surface area contributed by atoms with Crippen LogP contribution in [0.5, 0.6) is 0 Å². The van der Waals surface area contributed by atoms with Gasteiger partial charge in [0.1, 0.15) is 11.9 Å². The number of nitriles is 1. The summed E-state index contributed by atoms with van der Waals surface area (Å²) in [5, 5.41) is 10.2. The lowest BCUT2D eigenvalue weighted by Crippen LogP contribution is -2.51. The summed E-state index contributed by atoms with van der Waals surface area (Å²) in [5.41, 5.74) is 7.08. The highest BCUT2D eigenvalue weighted by atomic mass is 15.3. The summed E-state index contributed by atoms with van der Waals surface area (Å²) in [7, 11) is 0. The van der Waals surface area contributed by atoms with Crippen molar-refractivity contribution < 1.29 is 0 Å². The first-order valence-corrected chi connectivity index (χ1v) is 13.1. The molecule has 2 aromatic carbocycles. The third-order valence-electron chi connectivity index (χ3n) is 8.13. The highest BCUT2D eigenvalue weighted by Crippen LogP contribution is 2.35. The maximum Gasteiger partial charge on any atom is 0.157 e. The van der Waals surface area contributed by atoms with Crippen molar-refractivity contribution in [2.45, 2.75) is 51.5 Å². The van der Waals surface area contributed by atoms with Crippen LogP contribution in [0.15, 0.2) is 54.6 Å². The Bertz CT molecular complexity index is 1380. The van der Waals surface area contributed by atoms with Gasteiger partial charge in [0.05, 0.1) is 16.6 Å². The lowest BCUT2D eigenvalue weighted by molar-refractivity contribution is 0.147. The Morgan fingerprint density at radius 1 is 0.914 bits per heavy atom. The smallest absolute Gasteiger partial charge is 0.157 e. The molecule has 0 atom stereocenters. The van der Waals surface area contributed by atoms with Gasteiger partial charge in [-0.3, -0.25) is 9.30 Å². The minimum Gasteiger partial charge on any atom is -0.355 e. The van der Waals surface area contributed by atoms with E-state index in [9.17, 15) is 5.26 Å². The Morgan fingerprint density at radius 3 is 2.37 bits per heavy atom. The lowest BCUT2D eigenvalue weighted by Gasteiger charge is -2.42. The molecule has 1 saturated carbocycles. The molecule has 0 amide bonds. The third kappa shape index (κ3) is 3.96. The molecule has 0 N–H and O–H groups in total. The molecule has 178 valence electrons. The number of para-hydroxylation sites is 2. The second-order valence-corrected chi connectivity index (χ2v) is 10.2. The predicted molar refractivity (Wildman–Crippen MR) is 142 cm³/mol. The Hall–Kier alpha value is -3.36. The fourth-order valence-electron chi connectivity index (χ4n) is 6.25. The topological polar surface area (TPSA) is 47.6 Å². The number of hydrogen-bond acceptors (Lipinski definition) is 4. The molecular formula is C30H33N5. The minimum absolute atomic E-state index is 0.691. The van der Waals surface area contributed by atoms with Gasteiger partial charge in [-0.2, -0.15) is 5.26 Å². The average molecular weight is 464 g/mol. The van der Waals surface area contributed by atoms with Gasteiger partial charge >= 0.3 is 0 Å². The van der Waals surface area contributed by atoms with Crippen LogP contribution in [-0.2, 0) is 6.42 Å². The van der Waals surface area contributed by atoms with E-state index in [0.717, 1.165) is 60.9 Å². The van der Waals surface area contributed by atoms with Gasteiger partial charge in [-0.15, -0.1) is 0 Å². The quantitative estimate of drug-likeness (QED) is 0.389. The number of benzene rings is 2. The van der Waals surface area contributed by atoms with E-state index >= 15 is 0 Å². The van der Waals surface area contributed by atoms with E-state index in [0.29, 0.717) is 5.56 Å². The summed E-state index contributed by atoms with van der Waals surface area (Å²) < 4.78 is 2.27. The van der Waals surface area contributed by atoms with Gasteiger partial charge in [-0.1, -0.05) is 61.7 Å². The largest absolute Gasteiger partial charge is 0.355 e. The van der Waals surface area contributed by atoms with Gasteiger partial charge < -0.3 is 4.90 Å². The molecule has 2 aromatic heterocycles. The van der Waals surface area contributed by atoms with Crippen LogP contribution in [0.1, 0.15) is 54.4 Å². The van der Waals surface area contributed by atoms with Crippen LogP contribution in [0.2, 0.25) is 0 Å². The van der Waals surface area contributed by atoms with Crippen molar-refractivity contribution in [3.63, 3.8) is 0 Å². The van der Waals surface area contributed by atoms with E-state index in [1.807, 2.05) is 6.07 Å². The number of fused-ring (bicyclic) bond motifs is 3. The molecule has 2 fully saturated rings. The van der Waals surface area contributed by atoms with Crippen LogP contribution in [0.3, 0.4) is 0 Å². The second-order valence-electron chi connectivity index (χ2n) is 10.2. The van der Waals surface area contributed by atoms with Crippen LogP contribution in [-0.4, -0.2) is 46.5 Å². The Morgan fingerprint density at radius 2 is 1.63 bits per heavy atom. The van der Waals surface area contributed by atoms with E-state index in [4.69, 9.17) is 4.98 Å². The minimum atomic E-state index is 0.691. The normalized spacial score (nSPS) is 17.8. The van der Waals surface area contributed by atoms with Crippen molar-refractivity contribution in [1.82, 2.24) is 14.3 Å². The van der Waals surface area contributed by atoms with E-state index < -0.39 is 0 Å². The van der Waals surface area contributed by atoms with Crippen molar-refractivity contribution in [1.29, 1.82) is 5.26 Å². The summed E-state index contributed by atoms with van der Waals surface area (Å²) >= 11 is 0. The number of rotatable bonds is 4. The molecule has 6 rings (SSSR count). The van der Waals surface area contributed by atoms with E-state index in [1.165, 1.54) is 49.0 Å². The van der Waals surface area contributed by atoms with Crippen molar-refractivity contribution >= 4 is 22.5 Å². The fourth-order valence-corrected chi connectivity index (χ4v) is 6.25. The number of hydrogen-bond donors (Lipinski definition) is 0. The number of piperazine rings is 1. The summed E-state index contributed by atoms with van der Waals surface area (Å²) in [6.07, 6.45) is 7.67. The molecule has 1 aliphatic heterocycles. The molecule has 0 radical (unpaired) electrons. The van der Waals surface area contributed by atoms with E-state index in [2.05, 4.69) is 75.7 Å². The van der Waals surface area contributed by atoms with Gasteiger partial charge in [-0.05, 0) is 43.0 Å². The predicted octanol–water partition coefficient (Wildman–Crippen LogP) is 5.71. The SMILES string of the molecule is Cc1c(Cc2ccccc2)c(N2CCN(C3CCCCC3)CC2)n2c(nc3ccccc32)c1C#N. The van der Waals surface area contributed by atoms with Crippen LogP contribution < -0.4 is 4.90 Å². The Balaban J connectivity index is 1.48. The Labute approximate surface area is 207 Å². The van der Waals surface area contributed by atoms with Crippen LogP contribution >= 0.6 is 0 Å². The van der Waals surface area contributed by atoms with Gasteiger partial charge in [0.15, 0.2) is 5.65 Å². The van der Waals surface area contributed by atoms with E-state index in [-0.39, 0.29) is 0 Å². The summed E-state index contributed by atoms with van der Waals surface area (Å²) in [6.45, 7) is 6.32. The Kier molecular flexibility index (Phi) is 5.91. The molecule has 0 bridgehead atoms. The number of pyridine rings is 1. The lowest BCUT2D eigenvalue weighted by atomic mass is 9.93. The molecule has 5 nitrogen and oxygen atoms in total. The highest BCUT2D eigenvalue weighted by Gasteiger charge is 2.29. The van der Waals surface area contributed by atoms with Gasteiger partial charge in [0.25, 0.3) is 0 Å². The molecule has 3 heterocycles. The molecule has 4 aromatic rings. The molecular weight excluding hydrogens is 430 g/mol. The summed E-state index contributed by atoms with van der Waals surface area (Å²) in [4.78, 5) is 10.2. The maximum atomic E-state index is 10.2. The number of imidazole rings is 1. The molecule has 0 unspecified atom stereocenters. The van der Waals surface area contributed by atoms with Crippen molar-refractivity contribution in [2.24, 2.45) is 0 Å². The fraction of sp³-hybridized carbons (Fsp3) is 0.400.